The van der Waals surface area contributed by atoms with Crippen LogP contribution in [0.15, 0.2) is 41.9 Å². The maximum atomic E-state index is 4.34. The highest BCUT2D eigenvalue weighted by atomic mass is 32.1. The molecule has 6 nitrogen and oxygen atoms in total. The molecule has 0 saturated heterocycles. The molecule has 0 fully saturated rings. The van der Waals surface area contributed by atoms with Crippen LogP contribution in [-0.4, -0.2) is 24.7 Å². The molecule has 1 N–H and O–H groups in total. The van der Waals surface area contributed by atoms with E-state index in [1.54, 1.807) is 28.5 Å². The summed E-state index contributed by atoms with van der Waals surface area (Å²) in [6, 6.07) is 4.02. The average Bonchev–Trinajstić information content (AvgIpc) is 3.13. The third-order valence-electron chi connectivity index (χ3n) is 2.68. The van der Waals surface area contributed by atoms with Gasteiger partial charge in [0.15, 0.2) is 5.82 Å². The van der Waals surface area contributed by atoms with Crippen molar-refractivity contribution in [2.24, 2.45) is 0 Å². The normalized spacial score (nSPS) is 12.3. The molecule has 3 heterocycles. The van der Waals surface area contributed by atoms with Gasteiger partial charge in [0.1, 0.15) is 12.7 Å². The fourth-order valence-electron chi connectivity index (χ4n) is 1.69. The van der Waals surface area contributed by atoms with Crippen LogP contribution in [0.1, 0.15) is 18.7 Å². The van der Waals surface area contributed by atoms with Gasteiger partial charge >= 0.3 is 0 Å². The number of rotatable bonds is 4. The first-order chi connectivity index (χ1) is 9.33. The van der Waals surface area contributed by atoms with Gasteiger partial charge in [-0.25, -0.2) is 19.6 Å². The van der Waals surface area contributed by atoms with Crippen molar-refractivity contribution < 1.29 is 0 Å². The first-order valence-electron chi connectivity index (χ1n) is 5.78. The lowest BCUT2D eigenvalue weighted by Gasteiger charge is -2.12. The molecule has 3 aromatic rings. The standard InChI is InChI=1S/C12H12N6S/c1-9(11-5-19-8-15-11)17-10-2-3-12(14-4-10)18-7-13-6-16-18/h2-9,17H,1H3. The number of hydrogen-bond donors (Lipinski definition) is 1. The van der Waals surface area contributed by atoms with Gasteiger partial charge < -0.3 is 5.32 Å². The molecule has 1 atom stereocenters. The van der Waals surface area contributed by atoms with E-state index < -0.39 is 0 Å². The van der Waals surface area contributed by atoms with Crippen molar-refractivity contribution in [2.75, 3.05) is 5.32 Å². The zero-order valence-electron chi connectivity index (χ0n) is 10.3. The molecule has 0 aromatic carbocycles. The third kappa shape index (κ3) is 2.60. The molecule has 0 amide bonds. The van der Waals surface area contributed by atoms with E-state index in [0.717, 1.165) is 17.2 Å². The summed E-state index contributed by atoms with van der Waals surface area (Å²) in [7, 11) is 0. The van der Waals surface area contributed by atoms with Crippen molar-refractivity contribution in [1.29, 1.82) is 0 Å². The third-order valence-corrected chi connectivity index (χ3v) is 3.28. The molecular formula is C12H12N6S. The van der Waals surface area contributed by atoms with Crippen LogP contribution in [0, 0.1) is 0 Å². The summed E-state index contributed by atoms with van der Waals surface area (Å²) in [4.78, 5) is 12.5. The minimum Gasteiger partial charge on any atom is -0.376 e. The summed E-state index contributed by atoms with van der Waals surface area (Å²) >= 11 is 1.59. The van der Waals surface area contributed by atoms with E-state index in [4.69, 9.17) is 0 Å². The molecule has 19 heavy (non-hydrogen) atoms. The van der Waals surface area contributed by atoms with Gasteiger partial charge in [-0.2, -0.15) is 5.10 Å². The van der Waals surface area contributed by atoms with Gasteiger partial charge in [0, 0.05) is 5.38 Å². The fourth-order valence-corrected chi connectivity index (χ4v) is 2.34. The number of anilines is 1. The Hall–Kier alpha value is -2.28. The summed E-state index contributed by atoms with van der Waals surface area (Å²) in [5.41, 5.74) is 3.81. The van der Waals surface area contributed by atoms with E-state index in [2.05, 4.69) is 32.3 Å². The molecule has 0 aliphatic rings. The van der Waals surface area contributed by atoms with Crippen LogP contribution in [0.4, 0.5) is 5.69 Å². The van der Waals surface area contributed by atoms with E-state index in [1.807, 2.05) is 23.0 Å². The molecule has 0 bridgehead atoms. The average molecular weight is 272 g/mol. The smallest absolute Gasteiger partial charge is 0.155 e. The fraction of sp³-hybridized carbons (Fsp3) is 0.167. The first-order valence-corrected chi connectivity index (χ1v) is 6.73. The summed E-state index contributed by atoms with van der Waals surface area (Å²) in [6.45, 7) is 2.07. The van der Waals surface area contributed by atoms with E-state index in [9.17, 15) is 0 Å². The van der Waals surface area contributed by atoms with E-state index in [1.165, 1.54) is 6.33 Å². The van der Waals surface area contributed by atoms with Crippen molar-refractivity contribution in [1.82, 2.24) is 24.7 Å². The Labute approximate surface area is 114 Å². The molecule has 0 aliphatic heterocycles. The van der Waals surface area contributed by atoms with Crippen LogP contribution >= 0.6 is 11.3 Å². The molecule has 3 rings (SSSR count). The second-order valence-electron chi connectivity index (χ2n) is 4.02. The second kappa shape index (κ2) is 5.15. The maximum absolute atomic E-state index is 4.34. The highest BCUT2D eigenvalue weighted by Crippen LogP contribution is 2.18. The minimum atomic E-state index is 0.158. The molecule has 1 unspecified atom stereocenters. The van der Waals surface area contributed by atoms with Crippen molar-refractivity contribution in [3.63, 3.8) is 0 Å². The Morgan fingerprint density at radius 1 is 1.32 bits per heavy atom. The molecular weight excluding hydrogens is 260 g/mol. The highest BCUT2D eigenvalue weighted by Gasteiger charge is 2.07. The Morgan fingerprint density at radius 3 is 2.89 bits per heavy atom. The number of pyridine rings is 1. The van der Waals surface area contributed by atoms with Crippen molar-refractivity contribution in [3.8, 4) is 5.82 Å². The topological polar surface area (TPSA) is 68.5 Å². The maximum Gasteiger partial charge on any atom is 0.155 e. The van der Waals surface area contributed by atoms with Crippen LogP contribution in [0.2, 0.25) is 0 Å². The van der Waals surface area contributed by atoms with Crippen LogP contribution in [0.5, 0.6) is 0 Å². The number of nitrogens with zero attached hydrogens (tertiary/aromatic N) is 5. The largest absolute Gasteiger partial charge is 0.376 e. The lowest BCUT2D eigenvalue weighted by Crippen LogP contribution is -2.07. The Bertz CT molecular complexity index is 617. The SMILES string of the molecule is CC(Nc1ccc(-n2cncn2)nc1)c1cscn1. The minimum absolute atomic E-state index is 0.158. The molecule has 96 valence electrons. The monoisotopic (exact) mass is 272 g/mol. The van der Waals surface area contributed by atoms with Crippen LogP contribution in [0.3, 0.4) is 0 Å². The lowest BCUT2D eigenvalue weighted by molar-refractivity contribution is 0.834. The summed E-state index contributed by atoms with van der Waals surface area (Å²) in [5.74, 6) is 0.740. The van der Waals surface area contributed by atoms with Gasteiger partial charge in [-0.15, -0.1) is 11.3 Å². The van der Waals surface area contributed by atoms with Crippen LogP contribution in [-0.2, 0) is 0 Å². The molecule has 0 spiro atoms. The van der Waals surface area contributed by atoms with Crippen LogP contribution in [0.25, 0.3) is 5.82 Å². The van der Waals surface area contributed by atoms with E-state index in [0.29, 0.717) is 0 Å². The summed E-state index contributed by atoms with van der Waals surface area (Å²) in [5, 5.41) is 9.42. The first kappa shape index (κ1) is 11.8. The van der Waals surface area contributed by atoms with Gasteiger partial charge in [-0.3, -0.25) is 0 Å². The van der Waals surface area contributed by atoms with Gasteiger partial charge in [0.25, 0.3) is 0 Å². The van der Waals surface area contributed by atoms with Gasteiger partial charge in [-0.1, -0.05) is 0 Å². The summed E-state index contributed by atoms with van der Waals surface area (Å²) in [6.07, 6.45) is 4.88. The molecule has 3 aromatic heterocycles. The zero-order valence-corrected chi connectivity index (χ0v) is 11.1. The number of nitrogens with one attached hydrogen (secondary N) is 1. The van der Waals surface area contributed by atoms with E-state index >= 15 is 0 Å². The van der Waals surface area contributed by atoms with E-state index in [-0.39, 0.29) is 6.04 Å². The Balaban J connectivity index is 1.73. The van der Waals surface area contributed by atoms with Crippen molar-refractivity contribution >= 4 is 17.0 Å². The van der Waals surface area contributed by atoms with Crippen molar-refractivity contribution in [2.45, 2.75) is 13.0 Å². The molecule has 0 saturated carbocycles. The zero-order chi connectivity index (χ0) is 13.1. The molecule has 0 aliphatic carbocycles. The summed E-state index contributed by atoms with van der Waals surface area (Å²) < 4.78 is 1.62. The highest BCUT2D eigenvalue weighted by molar-refractivity contribution is 7.07. The van der Waals surface area contributed by atoms with Crippen LogP contribution < -0.4 is 5.32 Å². The molecule has 0 radical (unpaired) electrons. The van der Waals surface area contributed by atoms with Gasteiger partial charge in [0.05, 0.1) is 29.1 Å². The van der Waals surface area contributed by atoms with Gasteiger partial charge in [0.2, 0.25) is 0 Å². The van der Waals surface area contributed by atoms with Gasteiger partial charge in [-0.05, 0) is 19.1 Å². The second-order valence-corrected chi connectivity index (χ2v) is 4.74. The predicted molar refractivity (Wildman–Crippen MR) is 73.3 cm³/mol. The number of aromatic nitrogens is 5. The Morgan fingerprint density at radius 2 is 2.26 bits per heavy atom. The quantitative estimate of drug-likeness (QED) is 0.789. The number of thiazole rings is 1. The van der Waals surface area contributed by atoms with Crippen molar-refractivity contribution in [3.05, 3.63) is 47.6 Å². The Kier molecular flexibility index (Phi) is 3.20. The molecule has 7 heteroatoms. The predicted octanol–water partition coefficient (Wildman–Crippen LogP) is 2.29. The number of hydrogen-bond acceptors (Lipinski definition) is 6. The lowest BCUT2D eigenvalue weighted by atomic mass is 10.2.